The molecule has 0 spiro atoms. The number of nitrogens with zero attached hydrogens (tertiary/aromatic N) is 2. The summed E-state index contributed by atoms with van der Waals surface area (Å²) in [5.41, 5.74) is -0.0624. The van der Waals surface area contributed by atoms with Gasteiger partial charge in [0.15, 0.2) is 0 Å². The molecule has 6 heteroatoms. The van der Waals surface area contributed by atoms with E-state index in [4.69, 9.17) is 4.74 Å². The van der Waals surface area contributed by atoms with Crippen LogP contribution in [0.25, 0.3) is 0 Å². The molecular formula is C16H23N3O3. The molecule has 0 aliphatic carbocycles. The van der Waals surface area contributed by atoms with Crippen molar-refractivity contribution >= 4 is 5.91 Å². The Morgan fingerprint density at radius 1 is 1.36 bits per heavy atom. The molecule has 1 amide bonds. The molecule has 1 N–H and O–H groups in total. The zero-order valence-electron chi connectivity index (χ0n) is 13.0. The summed E-state index contributed by atoms with van der Waals surface area (Å²) in [5, 5.41) is 0. The highest BCUT2D eigenvalue weighted by molar-refractivity contribution is 5.93. The van der Waals surface area contributed by atoms with Crippen LogP contribution in [-0.4, -0.2) is 66.6 Å². The fraction of sp³-hybridized carbons (Fsp3) is 0.625. The maximum atomic E-state index is 12.7. The number of rotatable bonds is 4. The summed E-state index contributed by atoms with van der Waals surface area (Å²) in [6.45, 7) is 4.09. The molecule has 4 rings (SSSR count). The van der Waals surface area contributed by atoms with Gasteiger partial charge in [-0.05, 0) is 30.9 Å². The van der Waals surface area contributed by atoms with Crippen molar-refractivity contribution in [2.45, 2.75) is 18.9 Å². The third-order valence-corrected chi connectivity index (χ3v) is 4.75. The maximum Gasteiger partial charge on any atom is 0.260 e. The van der Waals surface area contributed by atoms with E-state index in [9.17, 15) is 9.59 Å². The molecule has 3 aliphatic heterocycles. The quantitative estimate of drug-likeness (QED) is 0.882. The molecule has 3 fully saturated rings. The molecule has 0 radical (unpaired) electrons. The van der Waals surface area contributed by atoms with Gasteiger partial charge in [0, 0.05) is 45.5 Å². The Kier molecular flexibility index (Phi) is 4.59. The number of amides is 1. The standard InChI is InChI=1S/C16H23N3O3/c1-22-8-7-18-9-12-4-5-13(18)11-19(10-12)16(21)14-3-2-6-17-15(14)20/h2-3,6,12-13H,4-5,7-11H2,1H3,(H,17,20)/t12-,13-/m1/s1. The number of ether oxygens (including phenoxy) is 1. The van der Waals surface area contributed by atoms with Crippen molar-refractivity contribution in [3.63, 3.8) is 0 Å². The first kappa shape index (κ1) is 15.2. The Morgan fingerprint density at radius 3 is 3.00 bits per heavy atom. The summed E-state index contributed by atoms with van der Waals surface area (Å²) in [4.78, 5) is 31.4. The molecule has 0 saturated carbocycles. The molecule has 4 heterocycles. The van der Waals surface area contributed by atoms with E-state index >= 15 is 0 Å². The number of aromatic amines is 1. The second-order valence-corrected chi connectivity index (χ2v) is 6.21. The van der Waals surface area contributed by atoms with E-state index in [1.54, 1.807) is 25.4 Å². The molecule has 1 aromatic heterocycles. The van der Waals surface area contributed by atoms with Gasteiger partial charge in [-0.25, -0.2) is 0 Å². The highest BCUT2D eigenvalue weighted by Crippen LogP contribution is 2.28. The molecule has 2 bridgehead atoms. The molecule has 2 atom stereocenters. The Morgan fingerprint density at radius 2 is 2.23 bits per heavy atom. The second-order valence-electron chi connectivity index (χ2n) is 6.21. The molecular weight excluding hydrogens is 282 g/mol. The first-order valence-corrected chi connectivity index (χ1v) is 7.89. The van der Waals surface area contributed by atoms with Gasteiger partial charge in [-0.2, -0.15) is 0 Å². The molecule has 22 heavy (non-hydrogen) atoms. The monoisotopic (exact) mass is 305 g/mol. The van der Waals surface area contributed by atoms with Gasteiger partial charge in [-0.3, -0.25) is 14.5 Å². The van der Waals surface area contributed by atoms with Crippen molar-refractivity contribution in [2.24, 2.45) is 5.92 Å². The summed E-state index contributed by atoms with van der Waals surface area (Å²) in [6.07, 6.45) is 3.82. The van der Waals surface area contributed by atoms with Crippen molar-refractivity contribution in [3.8, 4) is 0 Å². The number of aromatic nitrogens is 1. The smallest absolute Gasteiger partial charge is 0.260 e. The van der Waals surface area contributed by atoms with Crippen LogP contribution in [0.2, 0.25) is 0 Å². The number of fused-ring (bicyclic) bond motifs is 4. The van der Waals surface area contributed by atoms with Crippen molar-refractivity contribution in [2.75, 3.05) is 39.9 Å². The lowest BCUT2D eigenvalue weighted by molar-refractivity contribution is 0.0716. The molecule has 0 unspecified atom stereocenters. The zero-order valence-corrected chi connectivity index (χ0v) is 13.0. The summed E-state index contributed by atoms with van der Waals surface area (Å²) < 4.78 is 5.18. The summed E-state index contributed by atoms with van der Waals surface area (Å²) in [6, 6.07) is 3.68. The number of H-pyrrole nitrogens is 1. The van der Waals surface area contributed by atoms with Crippen molar-refractivity contribution in [3.05, 3.63) is 34.2 Å². The minimum Gasteiger partial charge on any atom is -0.383 e. The number of carbonyl (C=O) groups excluding carboxylic acids is 1. The third-order valence-electron chi connectivity index (χ3n) is 4.75. The average Bonchev–Trinajstić information content (AvgIpc) is 2.84. The Bertz CT molecular complexity index is 586. The minimum atomic E-state index is -0.305. The number of methoxy groups -OCH3 is 1. The van der Waals surface area contributed by atoms with Crippen LogP contribution in [0, 0.1) is 5.92 Å². The minimum absolute atomic E-state index is 0.146. The number of hydrogen-bond donors (Lipinski definition) is 1. The number of pyridine rings is 1. The number of nitrogens with one attached hydrogen (secondary N) is 1. The highest BCUT2D eigenvalue weighted by atomic mass is 16.5. The zero-order chi connectivity index (χ0) is 15.5. The van der Waals surface area contributed by atoms with E-state index in [1.165, 1.54) is 0 Å². The highest BCUT2D eigenvalue weighted by Gasteiger charge is 2.36. The van der Waals surface area contributed by atoms with E-state index in [0.29, 0.717) is 18.5 Å². The summed E-state index contributed by atoms with van der Waals surface area (Å²) in [7, 11) is 1.72. The normalized spacial score (nSPS) is 25.2. The fourth-order valence-electron chi connectivity index (χ4n) is 3.59. The van der Waals surface area contributed by atoms with Gasteiger partial charge in [0.05, 0.1) is 6.61 Å². The predicted molar refractivity (Wildman–Crippen MR) is 82.9 cm³/mol. The van der Waals surface area contributed by atoms with Crippen LogP contribution < -0.4 is 5.56 Å². The topological polar surface area (TPSA) is 65.6 Å². The molecule has 6 nitrogen and oxygen atoms in total. The number of hydrogen-bond acceptors (Lipinski definition) is 4. The lowest BCUT2D eigenvalue weighted by Crippen LogP contribution is -2.46. The molecule has 3 aliphatic rings. The Hall–Kier alpha value is -1.66. The van der Waals surface area contributed by atoms with Gasteiger partial charge in [0.2, 0.25) is 0 Å². The molecule has 0 aromatic carbocycles. The Balaban J connectivity index is 1.75. The average molecular weight is 305 g/mol. The lowest BCUT2D eigenvalue weighted by atomic mass is 9.95. The number of carbonyl (C=O) groups is 1. The molecule has 3 saturated heterocycles. The summed E-state index contributed by atoms with van der Waals surface area (Å²) >= 11 is 0. The van der Waals surface area contributed by atoms with Crippen LogP contribution in [0.15, 0.2) is 23.1 Å². The van der Waals surface area contributed by atoms with Gasteiger partial charge in [-0.15, -0.1) is 0 Å². The second kappa shape index (κ2) is 6.62. The molecule has 1 aromatic rings. The fourth-order valence-corrected chi connectivity index (χ4v) is 3.59. The van der Waals surface area contributed by atoms with Crippen molar-refractivity contribution < 1.29 is 9.53 Å². The van der Waals surface area contributed by atoms with E-state index < -0.39 is 0 Å². The van der Waals surface area contributed by atoms with E-state index in [-0.39, 0.29) is 17.0 Å². The largest absolute Gasteiger partial charge is 0.383 e. The van der Waals surface area contributed by atoms with E-state index in [1.807, 2.05) is 4.90 Å². The lowest BCUT2D eigenvalue weighted by Gasteiger charge is -2.35. The van der Waals surface area contributed by atoms with Gasteiger partial charge >= 0.3 is 0 Å². The maximum absolute atomic E-state index is 12.7. The van der Waals surface area contributed by atoms with Crippen LogP contribution >= 0.6 is 0 Å². The Labute approximate surface area is 130 Å². The van der Waals surface area contributed by atoms with Crippen molar-refractivity contribution in [1.29, 1.82) is 0 Å². The summed E-state index contributed by atoms with van der Waals surface area (Å²) in [5.74, 6) is 0.342. The van der Waals surface area contributed by atoms with E-state index in [0.717, 1.165) is 39.1 Å². The van der Waals surface area contributed by atoms with Crippen LogP contribution in [0.5, 0.6) is 0 Å². The SMILES string of the molecule is COCCN1C[C@H]2CC[C@@H]1CN(C(=O)c1ccc[nH]c1=O)C2. The first-order valence-electron chi connectivity index (χ1n) is 7.89. The predicted octanol–water partition coefficient (Wildman–Crippen LogP) is 0.558. The van der Waals surface area contributed by atoms with E-state index in [2.05, 4.69) is 9.88 Å². The first-order chi connectivity index (χ1) is 10.7. The number of piperidine rings is 1. The van der Waals surface area contributed by atoms with Gasteiger partial charge in [0.1, 0.15) is 5.56 Å². The van der Waals surface area contributed by atoms with Crippen LogP contribution in [0.3, 0.4) is 0 Å². The van der Waals surface area contributed by atoms with Gasteiger partial charge in [0.25, 0.3) is 11.5 Å². The van der Waals surface area contributed by atoms with Gasteiger partial charge in [-0.1, -0.05) is 0 Å². The van der Waals surface area contributed by atoms with Crippen LogP contribution in [0.4, 0.5) is 0 Å². The van der Waals surface area contributed by atoms with Crippen molar-refractivity contribution in [1.82, 2.24) is 14.8 Å². The van der Waals surface area contributed by atoms with Crippen LogP contribution in [0.1, 0.15) is 23.2 Å². The third kappa shape index (κ3) is 3.08. The van der Waals surface area contributed by atoms with Gasteiger partial charge < -0.3 is 14.6 Å². The molecule has 120 valence electrons. The van der Waals surface area contributed by atoms with Crippen LogP contribution in [-0.2, 0) is 4.74 Å².